The van der Waals surface area contributed by atoms with Crippen molar-refractivity contribution in [1.82, 2.24) is 4.72 Å². The lowest BCUT2D eigenvalue weighted by Crippen LogP contribution is -2.65. The molecule has 6 heteroatoms. The molecule has 4 aliphatic carbocycles. The Hall–Kier alpha value is -1.01. The maximum Gasteiger partial charge on any atom is 0.241 e. The molecule has 1 aromatic rings. The molecule has 1 aromatic carbocycles. The fourth-order valence-corrected chi connectivity index (χ4v) is 8.04. The van der Waals surface area contributed by atoms with Crippen LogP contribution in [-0.4, -0.2) is 14.0 Å². The summed E-state index contributed by atoms with van der Waals surface area (Å²) in [4.78, 5) is -0.328. The van der Waals surface area contributed by atoms with Gasteiger partial charge in [-0.3, -0.25) is 0 Å². The van der Waals surface area contributed by atoms with Crippen molar-refractivity contribution < 1.29 is 17.2 Å². The minimum Gasteiger partial charge on any atom is -0.207 e. The quantitative estimate of drug-likeness (QED) is 0.891. The molecular weight excluding hydrogens is 332 g/mol. The number of hydrogen-bond donors (Lipinski definition) is 1. The molecule has 0 amide bonds. The summed E-state index contributed by atoms with van der Waals surface area (Å²) >= 11 is 0. The standard InChI is InChI=1S/C18H23F2NO2S/c1-16-6-12-7-17(2,9-16)11-18(8-12,10-16)21-24(22,23)15-4-13(19)3-14(20)5-15/h3-5,12,21H,6-11H2,1-2H3. The van der Waals surface area contributed by atoms with Gasteiger partial charge in [0.15, 0.2) is 0 Å². The number of sulfonamides is 1. The van der Waals surface area contributed by atoms with E-state index in [4.69, 9.17) is 0 Å². The van der Waals surface area contributed by atoms with Crippen LogP contribution < -0.4 is 4.72 Å². The average Bonchev–Trinajstić information content (AvgIpc) is 2.31. The molecule has 0 saturated heterocycles. The number of halogens is 2. The van der Waals surface area contributed by atoms with E-state index in [0.717, 1.165) is 50.7 Å². The summed E-state index contributed by atoms with van der Waals surface area (Å²) in [5.41, 5.74) is -0.168. The van der Waals surface area contributed by atoms with Gasteiger partial charge in [-0.1, -0.05) is 13.8 Å². The Morgan fingerprint density at radius 1 is 0.958 bits per heavy atom. The van der Waals surface area contributed by atoms with Crippen LogP contribution in [0.2, 0.25) is 0 Å². The molecule has 3 nitrogen and oxygen atoms in total. The highest BCUT2D eigenvalue weighted by Gasteiger charge is 2.61. The predicted octanol–water partition coefficient (Wildman–Crippen LogP) is 3.99. The third kappa shape index (κ3) is 2.68. The molecule has 4 aliphatic rings. The molecule has 0 radical (unpaired) electrons. The zero-order chi connectivity index (χ0) is 17.4. The van der Waals surface area contributed by atoms with Crippen LogP contribution in [0, 0.1) is 28.4 Å². The summed E-state index contributed by atoms with van der Waals surface area (Å²) in [5, 5.41) is 0. The number of benzene rings is 1. The zero-order valence-electron chi connectivity index (χ0n) is 14.0. The fourth-order valence-electron chi connectivity index (χ4n) is 6.59. The molecule has 0 aliphatic heterocycles. The molecule has 2 atom stereocenters. The third-order valence-electron chi connectivity index (χ3n) is 6.12. The van der Waals surface area contributed by atoms with Crippen LogP contribution in [0.1, 0.15) is 52.4 Å². The van der Waals surface area contributed by atoms with E-state index in [9.17, 15) is 17.2 Å². The molecule has 5 rings (SSSR count). The van der Waals surface area contributed by atoms with Crippen LogP contribution in [-0.2, 0) is 10.0 Å². The highest BCUT2D eigenvalue weighted by Crippen LogP contribution is 2.66. The summed E-state index contributed by atoms with van der Waals surface area (Å²) in [6, 6.07) is 2.45. The molecule has 4 saturated carbocycles. The average molecular weight is 355 g/mol. The largest absolute Gasteiger partial charge is 0.241 e. The Kier molecular flexibility index (Phi) is 3.28. The van der Waals surface area contributed by atoms with Gasteiger partial charge >= 0.3 is 0 Å². The van der Waals surface area contributed by atoms with Crippen LogP contribution in [0.4, 0.5) is 8.78 Å². The highest BCUT2D eigenvalue weighted by atomic mass is 32.2. The monoisotopic (exact) mass is 355 g/mol. The van der Waals surface area contributed by atoms with Crippen molar-refractivity contribution >= 4 is 10.0 Å². The van der Waals surface area contributed by atoms with Gasteiger partial charge in [-0.2, -0.15) is 0 Å². The van der Waals surface area contributed by atoms with E-state index in [1.54, 1.807) is 0 Å². The summed E-state index contributed by atoms with van der Waals surface area (Å²) < 4.78 is 55.3. The van der Waals surface area contributed by atoms with Crippen molar-refractivity contribution in [3.63, 3.8) is 0 Å². The topological polar surface area (TPSA) is 46.2 Å². The summed E-state index contributed by atoms with van der Waals surface area (Å²) in [6.45, 7) is 4.50. The third-order valence-corrected chi connectivity index (χ3v) is 7.68. The van der Waals surface area contributed by atoms with Gasteiger partial charge in [-0.05, 0) is 67.4 Å². The van der Waals surface area contributed by atoms with Crippen LogP contribution >= 0.6 is 0 Å². The Morgan fingerprint density at radius 2 is 1.50 bits per heavy atom. The summed E-state index contributed by atoms with van der Waals surface area (Å²) in [6.07, 6.45) is 5.89. The van der Waals surface area contributed by atoms with Crippen molar-refractivity contribution in [3.05, 3.63) is 29.8 Å². The molecule has 0 spiro atoms. The van der Waals surface area contributed by atoms with Gasteiger partial charge in [0.1, 0.15) is 11.6 Å². The minimum atomic E-state index is -3.95. The van der Waals surface area contributed by atoms with E-state index in [0.29, 0.717) is 12.0 Å². The van der Waals surface area contributed by atoms with Crippen LogP contribution in [0.3, 0.4) is 0 Å². The van der Waals surface area contributed by atoms with E-state index in [-0.39, 0.29) is 15.7 Å². The van der Waals surface area contributed by atoms with Gasteiger partial charge in [0.05, 0.1) is 4.90 Å². The minimum absolute atomic E-state index is 0.157. The lowest BCUT2D eigenvalue weighted by atomic mass is 9.43. The van der Waals surface area contributed by atoms with Crippen LogP contribution in [0.25, 0.3) is 0 Å². The second-order valence-corrected chi connectivity index (χ2v) is 10.8. The van der Waals surface area contributed by atoms with Crippen molar-refractivity contribution in [2.24, 2.45) is 16.7 Å². The van der Waals surface area contributed by atoms with Crippen molar-refractivity contribution in [1.29, 1.82) is 0 Å². The van der Waals surface area contributed by atoms with Gasteiger partial charge < -0.3 is 0 Å². The molecule has 24 heavy (non-hydrogen) atoms. The second kappa shape index (κ2) is 4.79. The number of hydrogen-bond acceptors (Lipinski definition) is 2. The first-order chi connectivity index (χ1) is 11.0. The normalized spacial score (nSPS) is 40.9. The van der Waals surface area contributed by atoms with E-state index < -0.39 is 27.2 Å². The van der Waals surface area contributed by atoms with Gasteiger partial charge in [0.2, 0.25) is 10.0 Å². The molecule has 2 unspecified atom stereocenters. The first-order valence-electron chi connectivity index (χ1n) is 8.51. The molecule has 4 fully saturated rings. The smallest absolute Gasteiger partial charge is 0.207 e. The SMILES string of the molecule is CC12CC3CC(C)(C1)CC(NS(=O)(=O)c1cc(F)cc(F)c1)(C3)C2. The Bertz CT molecular complexity index is 769. The summed E-state index contributed by atoms with van der Waals surface area (Å²) in [5.74, 6) is -1.22. The fraction of sp³-hybridized carbons (Fsp3) is 0.667. The summed E-state index contributed by atoms with van der Waals surface area (Å²) in [7, 11) is -3.95. The maximum absolute atomic E-state index is 13.4. The molecule has 132 valence electrons. The van der Waals surface area contributed by atoms with E-state index >= 15 is 0 Å². The number of nitrogens with one attached hydrogen (secondary N) is 1. The van der Waals surface area contributed by atoms with E-state index in [1.807, 2.05) is 0 Å². The van der Waals surface area contributed by atoms with Crippen LogP contribution in [0.15, 0.2) is 23.1 Å². The van der Waals surface area contributed by atoms with Gasteiger partial charge in [-0.25, -0.2) is 21.9 Å². The first kappa shape index (κ1) is 16.5. The van der Waals surface area contributed by atoms with Crippen molar-refractivity contribution in [2.75, 3.05) is 0 Å². The Labute approximate surface area is 141 Å². The van der Waals surface area contributed by atoms with E-state index in [1.165, 1.54) is 0 Å². The molecule has 0 aromatic heterocycles. The lowest BCUT2D eigenvalue weighted by Gasteiger charge is -2.65. The molecular formula is C18H23F2NO2S. The molecule has 0 heterocycles. The zero-order valence-corrected chi connectivity index (χ0v) is 14.8. The van der Waals surface area contributed by atoms with Gasteiger partial charge in [0.25, 0.3) is 0 Å². The van der Waals surface area contributed by atoms with Gasteiger partial charge in [0, 0.05) is 11.6 Å². The van der Waals surface area contributed by atoms with Gasteiger partial charge in [-0.15, -0.1) is 0 Å². The van der Waals surface area contributed by atoms with Crippen molar-refractivity contribution in [3.8, 4) is 0 Å². The lowest BCUT2D eigenvalue weighted by molar-refractivity contribution is -0.110. The van der Waals surface area contributed by atoms with Crippen LogP contribution in [0.5, 0.6) is 0 Å². The molecule has 1 N–H and O–H groups in total. The highest BCUT2D eigenvalue weighted by molar-refractivity contribution is 7.89. The Morgan fingerprint density at radius 3 is 2.00 bits per heavy atom. The Balaban J connectivity index is 1.69. The van der Waals surface area contributed by atoms with E-state index in [2.05, 4.69) is 18.6 Å². The van der Waals surface area contributed by atoms with Crippen molar-refractivity contribution in [2.45, 2.75) is 62.8 Å². The molecule has 4 bridgehead atoms. The first-order valence-corrected chi connectivity index (χ1v) is 9.99. The number of rotatable bonds is 3. The maximum atomic E-state index is 13.4. The second-order valence-electron chi connectivity index (χ2n) is 9.12. The predicted molar refractivity (Wildman–Crippen MR) is 86.8 cm³/mol.